The second-order valence-electron chi connectivity index (χ2n) is 5.23. The number of nitrogens with zero attached hydrogens (tertiary/aromatic N) is 1. The molecule has 1 aliphatic rings. The molecule has 3 rings (SSSR count). The summed E-state index contributed by atoms with van der Waals surface area (Å²) in [5, 5.41) is 0. The summed E-state index contributed by atoms with van der Waals surface area (Å²) >= 11 is 3.51. The minimum atomic E-state index is 0.414. The summed E-state index contributed by atoms with van der Waals surface area (Å²) in [7, 11) is 0. The Morgan fingerprint density at radius 2 is 2.00 bits per heavy atom. The first-order valence-corrected chi connectivity index (χ1v) is 7.81. The summed E-state index contributed by atoms with van der Waals surface area (Å²) in [6.45, 7) is 3.37. The van der Waals surface area contributed by atoms with E-state index in [2.05, 4.69) is 88.4 Å². The molecule has 1 nitrogen and oxygen atoms in total. The van der Waals surface area contributed by atoms with Crippen molar-refractivity contribution in [2.45, 2.75) is 19.4 Å². The third-order valence-electron chi connectivity index (χ3n) is 3.83. The highest BCUT2D eigenvalue weighted by Crippen LogP contribution is 2.29. The smallest absolute Gasteiger partial charge is 0.0448 e. The van der Waals surface area contributed by atoms with Gasteiger partial charge < -0.3 is 4.90 Å². The van der Waals surface area contributed by atoms with Crippen LogP contribution in [0.25, 0.3) is 6.08 Å². The second kappa shape index (κ2) is 5.84. The van der Waals surface area contributed by atoms with Gasteiger partial charge in [-0.3, -0.25) is 0 Å². The quantitative estimate of drug-likeness (QED) is 0.773. The first-order chi connectivity index (χ1) is 9.74. The zero-order valence-electron chi connectivity index (χ0n) is 11.6. The van der Waals surface area contributed by atoms with Crippen LogP contribution in [-0.2, 0) is 6.42 Å². The largest absolute Gasteiger partial charge is 0.365 e. The molecule has 0 saturated carbocycles. The molecule has 0 N–H and O–H groups in total. The Hall–Kier alpha value is -1.54. The molecule has 0 fully saturated rings. The Kier molecular flexibility index (Phi) is 3.93. The molecule has 102 valence electrons. The molecule has 0 unspecified atom stereocenters. The van der Waals surface area contributed by atoms with Gasteiger partial charge in [-0.25, -0.2) is 0 Å². The van der Waals surface area contributed by atoms with Crippen molar-refractivity contribution in [2.75, 3.05) is 11.4 Å². The van der Waals surface area contributed by atoms with Gasteiger partial charge in [0.25, 0.3) is 0 Å². The van der Waals surface area contributed by atoms with Gasteiger partial charge in [0.2, 0.25) is 0 Å². The highest BCUT2D eigenvalue weighted by Gasteiger charge is 2.21. The zero-order chi connectivity index (χ0) is 13.9. The summed E-state index contributed by atoms with van der Waals surface area (Å²) in [6, 6.07) is 17.5. The summed E-state index contributed by atoms with van der Waals surface area (Å²) in [6.07, 6.45) is 5.64. The first-order valence-electron chi connectivity index (χ1n) is 7.02. The van der Waals surface area contributed by atoms with Crippen LogP contribution in [0.2, 0.25) is 0 Å². The van der Waals surface area contributed by atoms with E-state index in [0.29, 0.717) is 6.04 Å². The van der Waals surface area contributed by atoms with E-state index < -0.39 is 0 Å². The van der Waals surface area contributed by atoms with Crippen LogP contribution in [0.4, 0.5) is 5.69 Å². The molecule has 2 heteroatoms. The van der Waals surface area contributed by atoms with Gasteiger partial charge in [0, 0.05) is 22.7 Å². The molecule has 0 spiro atoms. The van der Waals surface area contributed by atoms with E-state index in [1.165, 1.54) is 16.8 Å². The van der Waals surface area contributed by atoms with Gasteiger partial charge in [-0.2, -0.15) is 0 Å². The summed E-state index contributed by atoms with van der Waals surface area (Å²) in [5.74, 6) is 0. The number of anilines is 1. The van der Waals surface area contributed by atoms with Crippen molar-refractivity contribution in [2.24, 2.45) is 0 Å². The minimum Gasteiger partial charge on any atom is -0.365 e. The third-order valence-corrected chi connectivity index (χ3v) is 4.32. The molecule has 1 atom stereocenters. The third kappa shape index (κ3) is 2.80. The normalized spacial score (nSPS) is 15.6. The van der Waals surface area contributed by atoms with Crippen LogP contribution in [0, 0.1) is 0 Å². The van der Waals surface area contributed by atoms with E-state index in [1.807, 2.05) is 0 Å². The molecule has 2 aromatic carbocycles. The Morgan fingerprint density at radius 1 is 1.15 bits per heavy atom. The van der Waals surface area contributed by atoms with Crippen LogP contribution in [0.15, 0.2) is 59.1 Å². The topological polar surface area (TPSA) is 3.24 Å². The number of halogens is 1. The summed E-state index contributed by atoms with van der Waals surface area (Å²) in [5.41, 5.74) is 4.09. The summed E-state index contributed by atoms with van der Waals surface area (Å²) < 4.78 is 1.12. The van der Waals surface area contributed by atoms with E-state index in [-0.39, 0.29) is 0 Å². The highest BCUT2D eigenvalue weighted by atomic mass is 79.9. The Bertz CT molecular complexity index is 633. The maximum Gasteiger partial charge on any atom is 0.0448 e. The lowest BCUT2D eigenvalue weighted by atomic mass is 10.1. The second-order valence-corrected chi connectivity index (χ2v) is 6.14. The molecule has 0 amide bonds. The van der Waals surface area contributed by atoms with E-state index in [0.717, 1.165) is 17.4 Å². The average Bonchev–Trinajstić information content (AvgIpc) is 2.89. The lowest BCUT2D eigenvalue weighted by Gasteiger charge is -2.24. The average molecular weight is 328 g/mol. The number of hydrogen-bond donors (Lipinski definition) is 0. The predicted octanol–water partition coefficient (Wildman–Crippen LogP) is 4.91. The number of rotatable bonds is 3. The van der Waals surface area contributed by atoms with Crippen molar-refractivity contribution in [1.29, 1.82) is 0 Å². The molecule has 0 radical (unpaired) electrons. The molecule has 1 heterocycles. The molecule has 20 heavy (non-hydrogen) atoms. The molecule has 2 aromatic rings. The van der Waals surface area contributed by atoms with Gasteiger partial charge in [-0.1, -0.05) is 58.4 Å². The maximum atomic E-state index is 3.51. The van der Waals surface area contributed by atoms with Gasteiger partial charge in [0.1, 0.15) is 0 Å². The van der Waals surface area contributed by atoms with Gasteiger partial charge in [0.05, 0.1) is 0 Å². The fourth-order valence-electron chi connectivity index (χ4n) is 2.75. The first kappa shape index (κ1) is 13.4. The van der Waals surface area contributed by atoms with Gasteiger partial charge in [0.15, 0.2) is 0 Å². The molecule has 0 saturated heterocycles. The lowest BCUT2D eigenvalue weighted by Crippen LogP contribution is -2.29. The number of benzene rings is 2. The van der Waals surface area contributed by atoms with E-state index in [1.54, 1.807) is 0 Å². The van der Waals surface area contributed by atoms with Crippen molar-refractivity contribution in [3.05, 3.63) is 70.2 Å². The van der Waals surface area contributed by atoms with Crippen LogP contribution in [0.3, 0.4) is 0 Å². The van der Waals surface area contributed by atoms with Crippen LogP contribution >= 0.6 is 15.9 Å². The molecule has 0 aromatic heterocycles. The number of hydrogen-bond acceptors (Lipinski definition) is 1. The van der Waals surface area contributed by atoms with Crippen LogP contribution in [0.5, 0.6) is 0 Å². The molecule has 1 aliphatic heterocycles. The Balaban J connectivity index is 1.76. The van der Waals surface area contributed by atoms with Crippen LogP contribution < -0.4 is 4.90 Å². The van der Waals surface area contributed by atoms with Crippen molar-refractivity contribution >= 4 is 27.7 Å². The minimum absolute atomic E-state index is 0.414. The van der Waals surface area contributed by atoms with Gasteiger partial charge in [-0.15, -0.1) is 0 Å². The number of fused-ring (bicyclic) bond motifs is 1. The van der Waals surface area contributed by atoms with Crippen molar-refractivity contribution < 1.29 is 0 Å². The number of para-hydroxylation sites is 1. The van der Waals surface area contributed by atoms with E-state index in [9.17, 15) is 0 Å². The standard InChI is InChI=1S/C18H18BrN/c1-14(9-10-15-5-4-7-17(19)13-15)20-12-11-16-6-2-3-8-18(16)20/h2-10,13-14H,11-12H2,1H3/b10-9+/t14-/m1/s1. The van der Waals surface area contributed by atoms with Gasteiger partial charge >= 0.3 is 0 Å². The van der Waals surface area contributed by atoms with Gasteiger partial charge in [-0.05, 0) is 42.7 Å². The maximum absolute atomic E-state index is 3.51. The fraction of sp³-hybridized carbons (Fsp3) is 0.222. The Morgan fingerprint density at radius 3 is 2.85 bits per heavy atom. The molecule has 0 aliphatic carbocycles. The molecule has 0 bridgehead atoms. The SMILES string of the molecule is C[C@H](/C=C/c1cccc(Br)c1)N1CCc2ccccc21. The van der Waals surface area contributed by atoms with Crippen molar-refractivity contribution in [3.8, 4) is 0 Å². The Labute approximate surface area is 129 Å². The lowest BCUT2D eigenvalue weighted by molar-refractivity contribution is 0.767. The van der Waals surface area contributed by atoms with Crippen molar-refractivity contribution in [1.82, 2.24) is 0 Å². The summed E-state index contributed by atoms with van der Waals surface area (Å²) in [4.78, 5) is 2.48. The van der Waals surface area contributed by atoms with Crippen LogP contribution in [0.1, 0.15) is 18.1 Å². The van der Waals surface area contributed by atoms with E-state index >= 15 is 0 Å². The fourth-order valence-corrected chi connectivity index (χ4v) is 3.17. The van der Waals surface area contributed by atoms with E-state index in [4.69, 9.17) is 0 Å². The predicted molar refractivity (Wildman–Crippen MR) is 90.1 cm³/mol. The highest BCUT2D eigenvalue weighted by molar-refractivity contribution is 9.10. The monoisotopic (exact) mass is 327 g/mol. The van der Waals surface area contributed by atoms with Crippen molar-refractivity contribution in [3.63, 3.8) is 0 Å². The molecular formula is C18H18BrN. The molecular weight excluding hydrogens is 310 g/mol. The van der Waals surface area contributed by atoms with Crippen LogP contribution in [-0.4, -0.2) is 12.6 Å². The zero-order valence-corrected chi connectivity index (χ0v) is 13.2.